The van der Waals surface area contributed by atoms with Crippen LogP contribution in [0.15, 0.2) is 29.8 Å². The van der Waals surface area contributed by atoms with E-state index in [0.717, 1.165) is 32.1 Å². The number of hydrogen-bond donors (Lipinski definition) is 0. The molecular weight excluding hydrogens is 328 g/mol. The zero-order chi connectivity index (χ0) is 18.5. The highest BCUT2D eigenvalue weighted by Gasteiger charge is 2.53. The number of rotatable bonds is 2. The summed E-state index contributed by atoms with van der Waals surface area (Å²) < 4.78 is 10.9. The lowest BCUT2D eigenvalue weighted by atomic mass is 9.59. The lowest BCUT2D eigenvalue weighted by Gasteiger charge is -2.46. The first kappa shape index (κ1) is 17.3. The average Bonchev–Trinajstić information content (AvgIpc) is 2.90. The molecule has 3 aliphatic carbocycles. The summed E-state index contributed by atoms with van der Waals surface area (Å²) >= 11 is 0. The van der Waals surface area contributed by atoms with Crippen molar-refractivity contribution in [1.82, 2.24) is 0 Å². The summed E-state index contributed by atoms with van der Waals surface area (Å²) in [5.74, 6) is 1.11. The van der Waals surface area contributed by atoms with Gasteiger partial charge in [0.25, 0.3) is 0 Å². The van der Waals surface area contributed by atoms with Gasteiger partial charge in [0.15, 0.2) is 0 Å². The molecule has 0 saturated heterocycles. The Labute approximate surface area is 154 Å². The number of esters is 2. The summed E-state index contributed by atoms with van der Waals surface area (Å²) in [4.78, 5) is 22.7. The number of ether oxygens (including phenoxy) is 2. The van der Waals surface area contributed by atoms with Gasteiger partial charge in [-0.25, -0.2) is 0 Å². The van der Waals surface area contributed by atoms with Crippen LogP contribution in [-0.2, 0) is 20.7 Å². The molecule has 0 radical (unpaired) electrons. The van der Waals surface area contributed by atoms with Gasteiger partial charge in [0.05, 0.1) is 0 Å². The zero-order valence-corrected chi connectivity index (χ0v) is 15.7. The molecule has 0 spiro atoms. The van der Waals surface area contributed by atoms with E-state index in [1.54, 1.807) is 0 Å². The van der Waals surface area contributed by atoms with E-state index < -0.39 is 0 Å². The molecule has 138 valence electrons. The molecule has 4 atom stereocenters. The van der Waals surface area contributed by atoms with Gasteiger partial charge in [0.1, 0.15) is 11.9 Å². The van der Waals surface area contributed by atoms with Crippen molar-refractivity contribution in [3.05, 3.63) is 41.0 Å². The van der Waals surface area contributed by atoms with Crippen molar-refractivity contribution < 1.29 is 19.1 Å². The molecule has 4 nitrogen and oxygen atoms in total. The van der Waals surface area contributed by atoms with Gasteiger partial charge in [-0.2, -0.15) is 0 Å². The van der Waals surface area contributed by atoms with Crippen molar-refractivity contribution in [1.29, 1.82) is 0 Å². The van der Waals surface area contributed by atoms with Gasteiger partial charge in [-0.05, 0) is 61.3 Å². The van der Waals surface area contributed by atoms with Crippen molar-refractivity contribution in [2.24, 2.45) is 11.3 Å². The van der Waals surface area contributed by atoms with Crippen LogP contribution in [0.1, 0.15) is 63.5 Å². The molecule has 4 rings (SSSR count). The SMILES string of the molecule is CC(=O)Oc1ccc2c(c1)CC=C1[C@@H]2CC[C@]2(C)[C@H](OC(C)=O)CC[C@@H]12. The molecule has 0 aliphatic heterocycles. The Hall–Kier alpha value is -2.10. The second-order valence-corrected chi connectivity index (χ2v) is 8.19. The maximum atomic E-state index is 11.5. The van der Waals surface area contributed by atoms with Gasteiger partial charge in [-0.15, -0.1) is 0 Å². The third-order valence-corrected chi connectivity index (χ3v) is 6.64. The molecule has 0 heterocycles. The minimum absolute atomic E-state index is 0.0413. The summed E-state index contributed by atoms with van der Waals surface area (Å²) in [7, 11) is 0. The van der Waals surface area contributed by atoms with E-state index in [0.29, 0.717) is 17.6 Å². The quantitative estimate of drug-likeness (QED) is 0.451. The first-order valence-corrected chi connectivity index (χ1v) is 9.57. The van der Waals surface area contributed by atoms with Crippen molar-refractivity contribution in [2.45, 2.75) is 64.9 Å². The highest BCUT2D eigenvalue weighted by atomic mass is 16.5. The predicted molar refractivity (Wildman–Crippen MR) is 97.9 cm³/mol. The Bertz CT molecular complexity index is 793. The number of carbonyl (C=O) groups excluding carboxylic acids is 2. The van der Waals surface area contributed by atoms with Crippen LogP contribution in [0.5, 0.6) is 5.75 Å². The van der Waals surface area contributed by atoms with Gasteiger partial charge >= 0.3 is 11.9 Å². The van der Waals surface area contributed by atoms with Gasteiger partial charge in [0.2, 0.25) is 0 Å². The first-order valence-electron chi connectivity index (χ1n) is 9.57. The van der Waals surface area contributed by atoms with Crippen LogP contribution in [0.4, 0.5) is 0 Å². The van der Waals surface area contributed by atoms with Crippen molar-refractivity contribution in [2.75, 3.05) is 0 Å². The van der Waals surface area contributed by atoms with Crippen LogP contribution in [0.2, 0.25) is 0 Å². The maximum absolute atomic E-state index is 11.5. The summed E-state index contributed by atoms with van der Waals surface area (Å²) in [5.41, 5.74) is 4.22. The third-order valence-electron chi connectivity index (χ3n) is 6.64. The molecule has 0 aromatic heterocycles. The number of benzene rings is 1. The van der Waals surface area contributed by atoms with Crippen LogP contribution in [0, 0.1) is 11.3 Å². The molecule has 0 N–H and O–H groups in total. The molecule has 0 bridgehead atoms. The van der Waals surface area contributed by atoms with Crippen molar-refractivity contribution >= 4 is 11.9 Å². The second-order valence-electron chi connectivity index (χ2n) is 8.19. The van der Waals surface area contributed by atoms with Crippen LogP contribution in [-0.4, -0.2) is 18.0 Å². The maximum Gasteiger partial charge on any atom is 0.308 e. The van der Waals surface area contributed by atoms with Gasteiger partial charge in [-0.3, -0.25) is 9.59 Å². The van der Waals surface area contributed by atoms with E-state index in [-0.39, 0.29) is 23.5 Å². The third kappa shape index (κ3) is 2.76. The molecule has 2 fully saturated rings. The molecule has 1 aromatic rings. The fourth-order valence-electron chi connectivity index (χ4n) is 5.52. The number of allylic oxidation sites excluding steroid dienone is 2. The first-order chi connectivity index (χ1) is 12.4. The van der Waals surface area contributed by atoms with Crippen LogP contribution in [0.25, 0.3) is 0 Å². The smallest absolute Gasteiger partial charge is 0.308 e. The number of carbonyl (C=O) groups is 2. The van der Waals surface area contributed by atoms with E-state index in [2.05, 4.69) is 19.1 Å². The Morgan fingerprint density at radius 2 is 1.92 bits per heavy atom. The van der Waals surface area contributed by atoms with E-state index in [4.69, 9.17) is 9.47 Å². The summed E-state index contributed by atoms with van der Waals surface area (Å²) in [6.07, 6.45) is 7.50. The van der Waals surface area contributed by atoms with Crippen molar-refractivity contribution in [3.8, 4) is 5.75 Å². The molecule has 3 aliphatic rings. The lowest BCUT2D eigenvalue weighted by molar-refractivity contribution is -0.152. The Morgan fingerprint density at radius 1 is 1.12 bits per heavy atom. The number of hydrogen-bond acceptors (Lipinski definition) is 4. The summed E-state index contributed by atoms with van der Waals surface area (Å²) in [6.45, 7) is 5.24. The molecule has 2 saturated carbocycles. The standard InChI is InChI=1S/C22H26O4/c1-13(23)25-16-5-7-17-15(12-16)4-6-19-18(17)10-11-22(3)20(19)8-9-21(22)26-14(2)24/h5-7,12,18,20-21H,4,8-11H2,1-3H3/t18-,20+,21-,22+/m1/s1. The fraction of sp³-hybridized carbons (Fsp3) is 0.545. The summed E-state index contributed by atoms with van der Waals surface area (Å²) in [5, 5.41) is 0. The average molecular weight is 354 g/mol. The van der Waals surface area contributed by atoms with E-state index in [1.165, 1.54) is 30.5 Å². The van der Waals surface area contributed by atoms with Gasteiger partial charge in [-0.1, -0.05) is 24.6 Å². The zero-order valence-electron chi connectivity index (χ0n) is 15.7. The monoisotopic (exact) mass is 354 g/mol. The number of fused-ring (bicyclic) bond motifs is 5. The van der Waals surface area contributed by atoms with Gasteiger partial charge in [0, 0.05) is 25.2 Å². The second kappa shape index (κ2) is 6.26. The van der Waals surface area contributed by atoms with E-state index in [9.17, 15) is 9.59 Å². The topological polar surface area (TPSA) is 52.6 Å². The molecule has 0 unspecified atom stereocenters. The van der Waals surface area contributed by atoms with Crippen LogP contribution >= 0.6 is 0 Å². The van der Waals surface area contributed by atoms with Gasteiger partial charge < -0.3 is 9.47 Å². The normalized spacial score (nSPS) is 32.0. The molecule has 1 aromatic carbocycles. The van der Waals surface area contributed by atoms with E-state index >= 15 is 0 Å². The minimum Gasteiger partial charge on any atom is -0.462 e. The molecular formula is C22H26O4. The predicted octanol–water partition coefficient (Wildman–Crippen LogP) is 4.32. The molecule has 26 heavy (non-hydrogen) atoms. The van der Waals surface area contributed by atoms with Crippen LogP contribution in [0.3, 0.4) is 0 Å². The fourth-order valence-corrected chi connectivity index (χ4v) is 5.52. The largest absolute Gasteiger partial charge is 0.462 e. The molecule has 4 heteroatoms. The Morgan fingerprint density at radius 3 is 2.65 bits per heavy atom. The molecule has 0 amide bonds. The lowest BCUT2D eigenvalue weighted by Crippen LogP contribution is -2.41. The summed E-state index contributed by atoms with van der Waals surface area (Å²) in [6, 6.07) is 6.05. The van der Waals surface area contributed by atoms with Crippen molar-refractivity contribution in [3.63, 3.8) is 0 Å². The van der Waals surface area contributed by atoms with E-state index in [1.807, 2.05) is 12.1 Å². The van der Waals surface area contributed by atoms with Crippen LogP contribution < -0.4 is 4.74 Å². The highest BCUT2D eigenvalue weighted by Crippen LogP contribution is 2.60. The Kier molecular flexibility index (Phi) is 4.17. The highest BCUT2D eigenvalue weighted by molar-refractivity contribution is 5.69. The Balaban J connectivity index is 1.61. The minimum atomic E-state index is -0.284.